The Labute approximate surface area is 68.6 Å². The minimum Gasteiger partial charge on any atom is -0.479 e. The molecule has 2 atom stereocenters. The number of carbonyl (C=O) groups is 1. The van der Waals surface area contributed by atoms with Crippen molar-refractivity contribution < 1.29 is 25.6 Å². The van der Waals surface area contributed by atoms with Crippen LogP contribution in [0.15, 0.2) is 24.3 Å². The lowest BCUT2D eigenvalue weighted by molar-refractivity contribution is -0.141. The Morgan fingerprint density at radius 1 is 1.42 bits per heavy atom. The van der Waals surface area contributed by atoms with Crippen LogP contribution in [0.1, 0.15) is 0 Å². The van der Waals surface area contributed by atoms with Crippen molar-refractivity contribution in [3.8, 4) is 0 Å². The van der Waals surface area contributed by atoms with Gasteiger partial charge in [0, 0.05) is 0 Å². The zero-order valence-corrected chi connectivity index (χ0v) is 6.15. The van der Waals surface area contributed by atoms with E-state index in [9.17, 15) is 4.79 Å². The van der Waals surface area contributed by atoms with Crippen molar-refractivity contribution >= 4 is 5.97 Å². The summed E-state index contributed by atoms with van der Waals surface area (Å²) in [6.07, 6.45) is 6.57. The van der Waals surface area contributed by atoms with E-state index in [1.165, 1.54) is 0 Å². The van der Waals surface area contributed by atoms with E-state index < -0.39 is 11.6 Å². The van der Waals surface area contributed by atoms with Crippen LogP contribution in [0.5, 0.6) is 0 Å². The third-order valence-corrected chi connectivity index (χ3v) is 1.76. The Bertz CT molecular complexity index is 244. The molecule has 12 heavy (non-hydrogen) atoms. The number of carboxylic acids is 1. The Morgan fingerprint density at radius 2 is 2.08 bits per heavy atom. The molecule has 0 aromatic heterocycles. The maximum Gasteiger partial charge on any atom is 0.343 e. The van der Waals surface area contributed by atoms with E-state index in [-0.39, 0.29) is 17.1 Å². The maximum absolute atomic E-state index is 10.5. The molecule has 0 saturated carbocycles. The molecule has 0 bridgehead atoms. The predicted octanol–water partition coefficient (Wildman–Crippen LogP) is -1.31. The fourth-order valence-corrected chi connectivity index (χ4v) is 1.10. The standard InChI is InChI=1S/C7H6O3.2H2O/c8-6(9)7-4-2-1-3-5(7)10-7;;/h1-5H,(H,8,9);2*1H2. The molecule has 5 heteroatoms. The van der Waals surface area contributed by atoms with Crippen LogP contribution in [0, 0.1) is 0 Å². The van der Waals surface area contributed by atoms with Gasteiger partial charge in [0.2, 0.25) is 5.60 Å². The Kier molecular flexibility index (Phi) is 2.76. The summed E-state index contributed by atoms with van der Waals surface area (Å²) in [4.78, 5) is 10.5. The summed E-state index contributed by atoms with van der Waals surface area (Å²) in [6, 6.07) is 0. The molecule has 0 spiro atoms. The van der Waals surface area contributed by atoms with Gasteiger partial charge >= 0.3 is 5.97 Å². The van der Waals surface area contributed by atoms with Gasteiger partial charge in [-0.05, 0) is 6.08 Å². The van der Waals surface area contributed by atoms with Crippen molar-refractivity contribution in [1.29, 1.82) is 0 Å². The first-order valence-corrected chi connectivity index (χ1v) is 3.03. The van der Waals surface area contributed by atoms with Gasteiger partial charge in [0.1, 0.15) is 6.10 Å². The summed E-state index contributed by atoms with van der Waals surface area (Å²) in [6.45, 7) is 0. The van der Waals surface area contributed by atoms with Gasteiger partial charge in [-0.2, -0.15) is 0 Å². The molecule has 2 aliphatic rings. The molecule has 1 fully saturated rings. The number of carboxylic acid groups (broad SMARTS) is 1. The van der Waals surface area contributed by atoms with Crippen LogP contribution in [0.25, 0.3) is 0 Å². The van der Waals surface area contributed by atoms with Crippen molar-refractivity contribution in [2.75, 3.05) is 0 Å². The lowest BCUT2D eigenvalue weighted by Gasteiger charge is -1.99. The molecule has 5 nitrogen and oxygen atoms in total. The lowest BCUT2D eigenvalue weighted by Crippen LogP contribution is -2.24. The molecular weight excluding hydrogens is 164 g/mol. The van der Waals surface area contributed by atoms with Gasteiger partial charge in [0.15, 0.2) is 0 Å². The van der Waals surface area contributed by atoms with E-state index in [2.05, 4.69) is 0 Å². The Balaban J connectivity index is 0.000000605. The fraction of sp³-hybridized carbons (Fsp3) is 0.286. The minimum atomic E-state index is -1.01. The van der Waals surface area contributed by atoms with Crippen molar-refractivity contribution in [2.24, 2.45) is 0 Å². The molecule has 68 valence electrons. The van der Waals surface area contributed by atoms with Gasteiger partial charge in [-0.1, -0.05) is 18.2 Å². The molecule has 1 aliphatic carbocycles. The number of ether oxygens (including phenoxy) is 1. The van der Waals surface area contributed by atoms with E-state index in [0.29, 0.717) is 0 Å². The van der Waals surface area contributed by atoms with Crippen LogP contribution in [0.4, 0.5) is 0 Å². The Morgan fingerprint density at radius 3 is 2.50 bits per heavy atom. The molecule has 0 radical (unpaired) electrons. The SMILES string of the molecule is O.O.O=C(O)C12C=CC=CC1O2. The van der Waals surface area contributed by atoms with Crippen LogP contribution in [-0.4, -0.2) is 33.7 Å². The summed E-state index contributed by atoms with van der Waals surface area (Å²) >= 11 is 0. The summed E-state index contributed by atoms with van der Waals surface area (Å²) in [5, 5.41) is 8.63. The van der Waals surface area contributed by atoms with Crippen molar-refractivity contribution in [2.45, 2.75) is 11.7 Å². The smallest absolute Gasteiger partial charge is 0.343 e. The summed E-state index contributed by atoms with van der Waals surface area (Å²) in [5.74, 6) is -0.905. The first-order chi connectivity index (χ1) is 4.76. The number of aliphatic carboxylic acids is 1. The molecule has 0 aromatic rings. The topological polar surface area (TPSA) is 113 Å². The number of epoxide rings is 1. The number of hydrogen-bond acceptors (Lipinski definition) is 2. The van der Waals surface area contributed by atoms with Crippen molar-refractivity contribution in [3.05, 3.63) is 24.3 Å². The van der Waals surface area contributed by atoms with Crippen LogP contribution in [-0.2, 0) is 9.53 Å². The monoisotopic (exact) mass is 174 g/mol. The van der Waals surface area contributed by atoms with Crippen LogP contribution in [0.2, 0.25) is 0 Å². The second-order valence-electron chi connectivity index (χ2n) is 2.38. The van der Waals surface area contributed by atoms with E-state index >= 15 is 0 Å². The third-order valence-electron chi connectivity index (χ3n) is 1.76. The lowest BCUT2D eigenvalue weighted by atomic mass is 10.0. The van der Waals surface area contributed by atoms with Gasteiger partial charge < -0.3 is 20.8 Å². The molecule has 5 N–H and O–H groups in total. The van der Waals surface area contributed by atoms with E-state index in [4.69, 9.17) is 9.84 Å². The first-order valence-electron chi connectivity index (χ1n) is 3.03. The van der Waals surface area contributed by atoms with Gasteiger partial charge in [-0.25, -0.2) is 4.79 Å². The van der Waals surface area contributed by atoms with Gasteiger partial charge in [0.05, 0.1) is 0 Å². The highest BCUT2D eigenvalue weighted by Gasteiger charge is 2.60. The normalized spacial score (nSPS) is 34.2. The Hall–Kier alpha value is -1.17. The molecule has 0 amide bonds. The second kappa shape index (κ2) is 3.06. The van der Waals surface area contributed by atoms with Gasteiger partial charge in [-0.15, -0.1) is 0 Å². The van der Waals surface area contributed by atoms with E-state index in [0.717, 1.165) is 0 Å². The molecular formula is C7H10O5. The van der Waals surface area contributed by atoms with Crippen LogP contribution >= 0.6 is 0 Å². The number of allylic oxidation sites excluding steroid dienone is 2. The molecule has 1 aliphatic heterocycles. The molecule has 1 heterocycles. The summed E-state index contributed by atoms with van der Waals surface area (Å²) < 4.78 is 4.95. The molecule has 2 rings (SSSR count). The third kappa shape index (κ3) is 1.14. The average molecular weight is 174 g/mol. The zero-order chi connectivity index (χ0) is 7.19. The second-order valence-corrected chi connectivity index (χ2v) is 2.38. The highest BCUT2D eigenvalue weighted by Crippen LogP contribution is 2.41. The highest BCUT2D eigenvalue weighted by molar-refractivity contribution is 5.85. The zero-order valence-electron chi connectivity index (χ0n) is 6.15. The largest absolute Gasteiger partial charge is 0.479 e. The van der Waals surface area contributed by atoms with E-state index in [1.54, 1.807) is 24.3 Å². The van der Waals surface area contributed by atoms with Crippen molar-refractivity contribution in [1.82, 2.24) is 0 Å². The van der Waals surface area contributed by atoms with Crippen LogP contribution < -0.4 is 0 Å². The minimum absolute atomic E-state index is 0. The van der Waals surface area contributed by atoms with E-state index in [1.807, 2.05) is 0 Å². The molecule has 2 unspecified atom stereocenters. The molecule has 1 saturated heterocycles. The van der Waals surface area contributed by atoms with Gasteiger partial charge in [-0.3, -0.25) is 0 Å². The molecule has 0 aromatic carbocycles. The number of fused-ring (bicyclic) bond motifs is 1. The summed E-state index contributed by atoms with van der Waals surface area (Å²) in [5.41, 5.74) is -1.01. The predicted molar refractivity (Wildman–Crippen MR) is 40.7 cm³/mol. The maximum atomic E-state index is 10.5. The number of rotatable bonds is 1. The van der Waals surface area contributed by atoms with Crippen molar-refractivity contribution in [3.63, 3.8) is 0 Å². The highest BCUT2D eigenvalue weighted by atomic mass is 16.6. The first kappa shape index (κ1) is 10.8. The van der Waals surface area contributed by atoms with Gasteiger partial charge in [0.25, 0.3) is 0 Å². The fourth-order valence-electron chi connectivity index (χ4n) is 1.10. The number of hydrogen-bond donors (Lipinski definition) is 1. The summed E-state index contributed by atoms with van der Waals surface area (Å²) in [7, 11) is 0. The average Bonchev–Trinajstić information content (AvgIpc) is 2.61. The quantitative estimate of drug-likeness (QED) is 0.497. The van der Waals surface area contributed by atoms with Crippen LogP contribution in [0.3, 0.4) is 0 Å².